The van der Waals surface area contributed by atoms with E-state index in [-0.39, 0.29) is 11.9 Å². The molecule has 1 aliphatic carbocycles. The van der Waals surface area contributed by atoms with Crippen molar-refractivity contribution in [2.24, 2.45) is 0 Å². The fourth-order valence-electron chi connectivity index (χ4n) is 5.71. The number of benzene rings is 4. The zero-order chi connectivity index (χ0) is 30.8. The number of hydrogen-bond donors (Lipinski definition) is 0. The normalized spacial score (nSPS) is 14.0. The third-order valence-electron chi connectivity index (χ3n) is 7.28. The van der Waals surface area contributed by atoms with Gasteiger partial charge < -0.3 is 9.47 Å². The van der Waals surface area contributed by atoms with Crippen molar-refractivity contribution in [3.05, 3.63) is 143 Å². The van der Waals surface area contributed by atoms with Crippen LogP contribution in [0.5, 0.6) is 0 Å². The molecule has 0 aliphatic heterocycles. The fourth-order valence-corrected chi connectivity index (χ4v) is 5.71. The maximum Gasteiger partial charge on any atom is 0.331 e. The van der Waals surface area contributed by atoms with E-state index in [1.165, 1.54) is 34.4 Å². The van der Waals surface area contributed by atoms with E-state index in [2.05, 4.69) is 72.8 Å². The third kappa shape index (κ3) is 6.39. The summed E-state index contributed by atoms with van der Waals surface area (Å²) >= 11 is 0. The van der Waals surface area contributed by atoms with Gasteiger partial charge in [0.2, 0.25) is 0 Å². The molecule has 1 aliphatic rings. The van der Waals surface area contributed by atoms with Crippen LogP contribution in [0.4, 0.5) is 0 Å². The van der Waals surface area contributed by atoms with Crippen LogP contribution in [0.3, 0.4) is 0 Å². The molecule has 0 atom stereocenters. The Morgan fingerprint density at radius 1 is 0.535 bits per heavy atom. The summed E-state index contributed by atoms with van der Waals surface area (Å²) in [6, 6.07) is 33.9. The van der Waals surface area contributed by atoms with E-state index in [1.54, 1.807) is 12.2 Å². The Bertz CT molecular complexity index is 1560. The van der Waals surface area contributed by atoms with Crippen LogP contribution in [-0.4, -0.2) is 23.1 Å². The van der Waals surface area contributed by atoms with Crippen molar-refractivity contribution in [1.82, 2.24) is 0 Å². The minimum atomic E-state index is -0.548. The van der Waals surface area contributed by atoms with Crippen LogP contribution in [-0.2, 0) is 24.5 Å². The van der Waals surface area contributed by atoms with E-state index in [0.717, 1.165) is 22.3 Å². The predicted molar refractivity (Wildman–Crippen MR) is 174 cm³/mol. The molecular formula is C39H38O4. The van der Waals surface area contributed by atoms with Gasteiger partial charge in [-0.25, -0.2) is 9.59 Å². The maximum absolute atomic E-state index is 12.3. The Hall–Kier alpha value is -4.70. The average Bonchev–Trinajstić information content (AvgIpc) is 3.25. The first-order valence-corrected chi connectivity index (χ1v) is 14.6. The minimum Gasteiger partial charge on any atom is -0.457 e. The van der Waals surface area contributed by atoms with Gasteiger partial charge in [-0.05, 0) is 98.2 Å². The second kappa shape index (κ2) is 11.5. The van der Waals surface area contributed by atoms with Crippen molar-refractivity contribution in [3.8, 4) is 11.1 Å². The number of esters is 2. The molecule has 0 saturated heterocycles. The summed E-state index contributed by atoms with van der Waals surface area (Å²) in [6.07, 6.45) is 6.51. The maximum atomic E-state index is 12.3. The Kier molecular flexibility index (Phi) is 7.98. The van der Waals surface area contributed by atoms with E-state index >= 15 is 0 Å². The molecule has 0 fully saturated rings. The predicted octanol–water partition coefficient (Wildman–Crippen LogP) is 8.76. The lowest BCUT2D eigenvalue weighted by Gasteiger charge is -2.34. The molecule has 4 aromatic rings. The monoisotopic (exact) mass is 570 g/mol. The molecule has 4 aromatic carbocycles. The molecule has 0 saturated carbocycles. The molecule has 0 amide bonds. The highest BCUT2D eigenvalue weighted by molar-refractivity contribution is 5.89. The topological polar surface area (TPSA) is 52.6 Å². The zero-order valence-corrected chi connectivity index (χ0v) is 25.7. The van der Waals surface area contributed by atoms with Gasteiger partial charge in [-0.2, -0.15) is 0 Å². The third-order valence-corrected chi connectivity index (χ3v) is 7.28. The van der Waals surface area contributed by atoms with Gasteiger partial charge >= 0.3 is 11.9 Å². The van der Waals surface area contributed by atoms with Crippen molar-refractivity contribution in [2.45, 2.75) is 58.2 Å². The molecule has 0 unspecified atom stereocenters. The van der Waals surface area contributed by atoms with Crippen LogP contribution in [0.25, 0.3) is 23.3 Å². The average molecular weight is 571 g/mol. The molecule has 218 valence electrons. The van der Waals surface area contributed by atoms with Gasteiger partial charge in [-0.3, -0.25) is 0 Å². The van der Waals surface area contributed by atoms with Crippen LogP contribution in [0.15, 0.2) is 109 Å². The summed E-state index contributed by atoms with van der Waals surface area (Å²) in [4.78, 5) is 24.5. The quantitative estimate of drug-likeness (QED) is 0.151. The number of carbonyl (C=O) groups excluding carboxylic acids is 2. The second-order valence-electron chi connectivity index (χ2n) is 12.8. The van der Waals surface area contributed by atoms with Crippen molar-refractivity contribution in [3.63, 3.8) is 0 Å². The molecule has 0 spiro atoms. The number of ether oxygens (including phenoxy) is 2. The van der Waals surface area contributed by atoms with E-state index in [4.69, 9.17) is 9.47 Å². The molecule has 0 aromatic heterocycles. The van der Waals surface area contributed by atoms with Gasteiger partial charge in [0.05, 0.1) is 5.41 Å². The highest BCUT2D eigenvalue weighted by Crippen LogP contribution is 2.55. The van der Waals surface area contributed by atoms with Crippen LogP contribution in [0.1, 0.15) is 74.9 Å². The van der Waals surface area contributed by atoms with E-state index in [0.29, 0.717) is 0 Å². The smallest absolute Gasteiger partial charge is 0.331 e. The van der Waals surface area contributed by atoms with Gasteiger partial charge in [0.15, 0.2) is 0 Å². The molecule has 0 radical (unpaired) electrons. The van der Waals surface area contributed by atoms with Gasteiger partial charge in [0, 0.05) is 12.2 Å². The lowest BCUT2D eigenvalue weighted by atomic mass is 9.67. The Morgan fingerprint density at radius 2 is 0.884 bits per heavy atom. The lowest BCUT2D eigenvalue weighted by molar-refractivity contribution is -0.149. The van der Waals surface area contributed by atoms with Gasteiger partial charge in [0.1, 0.15) is 11.2 Å². The van der Waals surface area contributed by atoms with Crippen LogP contribution < -0.4 is 0 Å². The Balaban J connectivity index is 1.57. The molecule has 0 bridgehead atoms. The molecule has 4 heteroatoms. The van der Waals surface area contributed by atoms with Crippen molar-refractivity contribution in [2.75, 3.05) is 0 Å². The Morgan fingerprint density at radius 3 is 1.23 bits per heavy atom. The standard InChI is InChI=1S/C39H38O4/c1-37(2,3)42-35(40)25-19-27-15-21-29(22-16-27)39(33-13-9-7-11-31(33)32-12-8-10-14-34(32)39)30-23-17-28(18-24-30)20-26-36(41)43-38(4,5)6/h7-26H,1-6H3. The summed E-state index contributed by atoms with van der Waals surface area (Å²) in [7, 11) is 0. The van der Waals surface area contributed by atoms with Gasteiger partial charge in [-0.15, -0.1) is 0 Å². The number of fused-ring (bicyclic) bond motifs is 3. The number of hydrogen-bond acceptors (Lipinski definition) is 4. The summed E-state index contributed by atoms with van der Waals surface area (Å²) in [6.45, 7) is 11.1. The van der Waals surface area contributed by atoms with Crippen LogP contribution in [0.2, 0.25) is 0 Å². The summed E-state index contributed by atoms with van der Waals surface area (Å²) < 4.78 is 10.8. The van der Waals surface area contributed by atoms with Crippen LogP contribution >= 0.6 is 0 Å². The van der Waals surface area contributed by atoms with Crippen molar-refractivity contribution in [1.29, 1.82) is 0 Å². The summed E-state index contributed by atoms with van der Waals surface area (Å²) in [5.41, 5.74) is 7.28. The highest BCUT2D eigenvalue weighted by atomic mass is 16.6. The van der Waals surface area contributed by atoms with E-state index in [9.17, 15) is 9.59 Å². The molecular weight excluding hydrogens is 532 g/mol. The zero-order valence-electron chi connectivity index (χ0n) is 25.7. The first-order chi connectivity index (χ1) is 20.4. The molecule has 5 rings (SSSR count). The van der Waals surface area contributed by atoms with E-state index < -0.39 is 16.6 Å². The van der Waals surface area contributed by atoms with Crippen molar-refractivity contribution >= 4 is 24.1 Å². The first-order valence-electron chi connectivity index (χ1n) is 14.6. The lowest BCUT2D eigenvalue weighted by Crippen LogP contribution is -2.28. The minimum absolute atomic E-state index is 0.368. The number of rotatable bonds is 6. The fraction of sp³-hybridized carbons (Fsp3) is 0.231. The molecule has 0 N–H and O–H groups in total. The molecule has 4 nitrogen and oxygen atoms in total. The van der Waals surface area contributed by atoms with Crippen LogP contribution in [0, 0.1) is 0 Å². The largest absolute Gasteiger partial charge is 0.457 e. The Labute approximate surface area is 254 Å². The molecule has 0 heterocycles. The SMILES string of the molecule is CC(C)(C)OC(=O)C=Cc1ccc(C2(c3ccc(C=CC(=O)OC(C)(C)C)cc3)c3ccccc3-c3ccccc32)cc1. The summed E-state index contributed by atoms with van der Waals surface area (Å²) in [5.74, 6) is -0.736. The van der Waals surface area contributed by atoms with Gasteiger partial charge in [0.25, 0.3) is 0 Å². The van der Waals surface area contributed by atoms with Crippen molar-refractivity contribution < 1.29 is 19.1 Å². The molecule has 43 heavy (non-hydrogen) atoms. The second-order valence-corrected chi connectivity index (χ2v) is 12.8. The first kappa shape index (κ1) is 29.8. The number of carbonyl (C=O) groups is 2. The highest BCUT2D eigenvalue weighted by Gasteiger charge is 2.45. The van der Waals surface area contributed by atoms with E-state index in [1.807, 2.05) is 65.8 Å². The summed E-state index contributed by atoms with van der Waals surface area (Å²) in [5, 5.41) is 0. The van der Waals surface area contributed by atoms with Gasteiger partial charge in [-0.1, -0.05) is 97.1 Å².